The zero-order valence-corrected chi connectivity index (χ0v) is 19.6. The Balaban J connectivity index is 1.47. The smallest absolute Gasteiger partial charge is 0.245 e. The lowest BCUT2D eigenvalue weighted by Crippen LogP contribution is -2.26. The van der Waals surface area contributed by atoms with Crippen LogP contribution in [0.2, 0.25) is 0 Å². The van der Waals surface area contributed by atoms with Gasteiger partial charge in [0.05, 0.1) is 24.5 Å². The van der Waals surface area contributed by atoms with Crippen molar-refractivity contribution in [2.45, 2.75) is 19.3 Å². The molecule has 0 aliphatic carbocycles. The Morgan fingerprint density at radius 3 is 2.69 bits per heavy atom. The standard InChI is InChI=1S/C27H25FN4O3/c1-4-24(33)31-13-12-19(16-31)27-30-26(21-15-29-14-17(2)32(21)27)18-8-10-20(11-9-18)35-23-7-5-6-22(34-3)25(23)28/h4-11,14-15,19H,1,12-13,16H2,2-3H3. The normalized spacial score (nSPS) is 15.4. The summed E-state index contributed by atoms with van der Waals surface area (Å²) in [6.07, 6.45) is 5.80. The Bertz CT molecular complexity index is 1410. The quantitative estimate of drug-likeness (QED) is 0.363. The van der Waals surface area contributed by atoms with E-state index < -0.39 is 5.82 Å². The molecule has 0 bridgehead atoms. The Morgan fingerprint density at radius 1 is 1.17 bits per heavy atom. The molecule has 35 heavy (non-hydrogen) atoms. The Hall–Kier alpha value is -4.20. The molecular formula is C27H25FN4O3. The van der Waals surface area contributed by atoms with Crippen molar-refractivity contribution in [3.05, 3.63) is 84.8 Å². The highest BCUT2D eigenvalue weighted by Crippen LogP contribution is 2.35. The number of benzene rings is 2. The largest absolute Gasteiger partial charge is 0.494 e. The predicted molar refractivity (Wildman–Crippen MR) is 130 cm³/mol. The summed E-state index contributed by atoms with van der Waals surface area (Å²) in [6, 6.07) is 12.1. The van der Waals surface area contributed by atoms with Gasteiger partial charge in [-0.15, -0.1) is 0 Å². The summed E-state index contributed by atoms with van der Waals surface area (Å²) in [4.78, 5) is 23.3. The van der Waals surface area contributed by atoms with Gasteiger partial charge in [-0.05, 0) is 55.8 Å². The Kier molecular flexibility index (Phi) is 5.94. The molecule has 0 spiro atoms. The maximum Gasteiger partial charge on any atom is 0.245 e. The molecule has 0 radical (unpaired) electrons. The highest BCUT2D eigenvalue weighted by Gasteiger charge is 2.30. The third kappa shape index (κ3) is 4.12. The molecule has 7 nitrogen and oxygen atoms in total. The maximum atomic E-state index is 14.5. The van der Waals surface area contributed by atoms with Crippen LogP contribution in [0.1, 0.15) is 23.9 Å². The van der Waals surface area contributed by atoms with Gasteiger partial charge in [0.1, 0.15) is 11.6 Å². The van der Waals surface area contributed by atoms with Crippen LogP contribution in [-0.2, 0) is 4.79 Å². The highest BCUT2D eigenvalue weighted by molar-refractivity contribution is 5.87. The number of ether oxygens (including phenoxy) is 2. The highest BCUT2D eigenvalue weighted by atomic mass is 19.1. The second-order valence-corrected chi connectivity index (χ2v) is 8.46. The molecule has 5 rings (SSSR count). The van der Waals surface area contributed by atoms with Gasteiger partial charge < -0.3 is 14.4 Å². The zero-order chi connectivity index (χ0) is 24.5. The first-order chi connectivity index (χ1) is 17.0. The van der Waals surface area contributed by atoms with Gasteiger partial charge in [-0.25, -0.2) is 4.98 Å². The average molecular weight is 473 g/mol. The van der Waals surface area contributed by atoms with E-state index in [1.54, 1.807) is 41.4 Å². The lowest BCUT2D eigenvalue weighted by molar-refractivity contribution is -0.125. The average Bonchev–Trinajstić information content (AvgIpc) is 3.51. The first-order valence-electron chi connectivity index (χ1n) is 11.3. The van der Waals surface area contributed by atoms with Crippen molar-refractivity contribution < 1.29 is 18.7 Å². The fourth-order valence-electron chi connectivity index (χ4n) is 4.54. The van der Waals surface area contributed by atoms with Gasteiger partial charge in [0.25, 0.3) is 0 Å². The molecule has 1 aliphatic heterocycles. The number of likely N-dealkylation sites (tertiary alicyclic amines) is 1. The molecule has 1 atom stereocenters. The predicted octanol–water partition coefficient (Wildman–Crippen LogP) is 5.15. The monoisotopic (exact) mass is 472 g/mol. The van der Waals surface area contributed by atoms with Gasteiger partial charge in [0.15, 0.2) is 11.5 Å². The first-order valence-corrected chi connectivity index (χ1v) is 11.3. The summed E-state index contributed by atoms with van der Waals surface area (Å²) >= 11 is 0. The van der Waals surface area contributed by atoms with Crippen LogP contribution in [-0.4, -0.2) is 45.4 Å². The van der Waals surface area contributed by atoms with Crippen molar-refractivity contribution in [2.24, 2.45) is 0 Å². The van der Waals surface area contributed by atoms with E-state index in [-0.39, 0.29) is 23.3 Å². The molecule has 2 aromatic carbocycles. The number of hydrogen-bond donors (Lipinski definition) is 0. The molecule has 8 heteroatoms. The molecule has 178 valence electrons. The number of carbonyl (C=O) groups excluding carboxylic acids is 1. The van der Waals surface area contributed by atoms with Crippen LogP contribution in [0.3, 0.4) is 0 Å². The topological polar surface area (TPSA) is 69.0 Å². The molecule has 1 saturated heterocycles. The van der Waals surface area contributed by atoms with E-state index in [1.807, 2.05) is 25.3 Å². The molecule has 1 fully saturated rings. The van der Waals surface area contributed by atoms with Crippen molar-refractivity contribution in [1.82, 2.24) is 19.3 Å². The maximum absolute atomic E-state index is 14.5. The van der Waals surface area contributed by atoms with Crippen molar-refractivity contribution in [2.75, 3.05) is 20.2 Å². The molecular weight excluding hydrogens is 447 g/mol. The molecule has 4 aromatic rings. The molecule has 0 saturated carbocycles. The number of fused-ring (bicyclic) bond motifs is 1. The number of aromatic nitrogens is 3. The number of aryl methyl sites for hydroxylation is 1. The summed E-state index contributed by atoms with van der Waals surface area (Å²) in [5, 5.41) is 0. The van der Waals surface area contributed by atoms with Gasteiger partial charge in [0.2, 0.25) is 11.7 Å². The van der Waals surface area contributed by atoms with E-state index in [2.05, 4.69) is 16.0 Å². The minimum absolute atomic E-state index is 0.0602. The molecule has 1 unspecified atom stereocenters. The van der Waals surface area contributed by atoms with Gasteiger partial charge in [0, 0.05) is 36.5 Å². The number of rotatable bonds is 6. The van der Waals surface area contributed by atoms with Crippen LogP contribution in [0.15, 0.2) is 67.5 Å². The number of carbonyl (C=O) groups is 1. The van der Waals surface area contributed by atoms with Crippen molar-refractivity contribution in [3.63, 3.8) is 0 Å². The lowest BCUT2D eigenvalue weighted by atomic mass is 10.1. The zero-order valence-electron chi connectivity index (χ0n) is 19.6. The second kappa shape index (κ2) is 9.21. The first kappa shape index (κ1) is 22.6. The summed E-state index contributed by atoms with van der Waals surface area (Å²) in [7, 11) is 1.41. The number of hydrogen-bond acceptors (Lipinski definition) is 5. The molecule has 1 aliphatic rings. The molecule has 3 heterocycles. The van der Waals surface area contributed by atoms with Crippen LogP contribution in [0.25, 0.3) is 16.8 Å². The number of nitrogens with zero attached hydrogens (tertiary/aromatic N) is 4. The van der Waals surface area contributed by atoms with E-state index >= 15 is 0 Å². The van der Waals surface area contributed by atoms with Gasteiger partial charge in [-0.1, -0.05) is 12.6 Å². The lowest BCUT2D eigenvalue weighted by Gasteiger charge is -2.14. The van der Waals surface area contributed by atoms with E-state index in [0.717, 1.165) is 34.7 Å². The van der Waals surface area contributed by atoms with Crippen LogP contribution < -0.4 is 9.47 Å². The summed E-state index contributed by atoms with van der Waals surface area (Å²) < 4.78 is 27.3. The third-order valence-corrected chi connectivity index (χ3v) is 6.29. The van der Waals surface area contributed by atoms with Crippen molar-refractivity contribution >= 4 is 11.4 Å². The fourth-order valence-corrected chi connectivity index (χ4v) is 4.54. The van der Waals surface area contributed by atoms with Crippen molar-refractivity contribution in [1.29, 1.82) is 0 Å². The fraction of sp³-hybridized carbons (Fsp3) is 0.222. The second-order valence-electron chi connectivity index (χ2n) is 8.46. The third-order valence-electron chi connectivity index (χ3n) is 6.29. The number of methoxy groups -OCH3 is 1. The minimum Gasteiger partial charge on any atom is -0.494 e. The van der Waals surface area contributed by atoms with Crippen molar-refractivity contribution in [3.8, 4) is 28.5 Å². The molecule has 2 aromatic heterocycles. The van der Waals surface area contributed by atoms with Crippen LogP contribution in [0.4, 0.5) is 4.39 Å². The van der Waals surface area contributed by atoms with Gasteiger partial charge in [-0.3, -0.25) is 14.2 Å². The van der Waals surface area contributed by atoms with Crippen LogP contribution in [0.5, 0.6) is 17.2 Å². The summed E-state index contributed by atoms with van der Waals surface area (Å²) in [5.41, 5.74) is 3.54. The SMILES string of the molecule is C=CC(=O)N1CCC(c2nc(-c3ccc(Oc4cccc(OC)c4F)cc3)c3cncc(C)n23)C1. The van der Waals surface area contributed by atoms with Crippen LogP contribution >= 0.6 is 0 Å². The minimum atomic E-state index is -0.550. The van der Waals surface area contributed by atoms with E-state index in [0.29, 0.717) is 18.8 Å². The molecule has 1 amide bonds. The van der Waals surface area contributed by atoms with E-state index in [4.69, 9.17) is 14.5 Å². The van der Waals surface area contributed by atoms with E-state index in [9.17, 15) is 9.18 Å². The Morgan fingerprint density at radius 2 is 1.94 bits per heavy atom. The van der Waals surface area contributed by atoms with Gasteiger partial charge >= 0.3 is 0 Å². The summed E-state index contributed by atoms with van der Waals surface area (Å²) in [5.74, 6) is 1.12. The van der Waals surface area contributed by atoms with E-state index in [1.165, 1.54) is 13.2 Å². The number of imidazole rings is 1. The summed E-state index contributed by atoms with van der Waals surface area (Å²) in [6.45, 7) is 6.87. The molecule has 0 N–H and O–H groups in total. The van der Waals surface area contributed by atoms with Crippen LogP contribution in [0, 0.1) is 12.7 Å². The van der Waals surface area contributed by atoms with Gasteiger partial charge in [-0.2, -0.15) is 4.39 Å². The number of amides is 1. The Labute approximate surface area is 202 Å². The number of halogens is 1.